The van der Waals surface area contributed by atoms with Gasteiger partial charge in [0.1, 0.15) is 0 Å². The Kier molecular flexibility index (Phi) is 1.79. The molecular formula is C7H12Se. The van der Waals surface area contributed by atoms with Crippen molar-refractivity contribution in [3.8, 4) is 0 Å². The topological polar surface area (TPSA) is 0 Å². The van der Waals surface area contributed by atoms with E-state index in [9.17, 15) is 0 Å². The number of hydrogen-bond acceptors (Lipinski definition) is 0. The zero-order valence-corrected chi connectivity index (χ0v) is 7.19. The first-order valence-electron chi connectivity index (χ1n) is 3.00. The zero-order chi connectivity index (χ0) is 6.04. The fraction of sp³-hybridized carbons (Fsp3) is 0.714. The normalized spacial score (nSPS) is 25.8. The standard InChI is InChI=1S/C7H12Se/c1-7(2)5-3-4-6-8-7/h3-4H,5-6H2,1-2H3. The Labute approximate surface area is 57.5 Å². The fourth-order valence-corrected chi connectivity index (χ4v) is 2.65. The number of hydrogen-bond donors (Lipinski definition) is 0. The van der Waals surface area contributed by atoms with Crippen molar-refractivity contribution < 1.29 is 0 Å². The molecule has 0 aliphatic carbocycles. The maximum atomic E-state index is 2.36. The van der Waals surface area contributed by atoms with Gasteiger partial charge in [0.15, 0.2) is 0 Å². The van der Waals surface area contributed by atoms with Crippen LogP contribution in [0.3, 0.4) is 0 Å². The van der Waals surface area contributed by atoms with Crippen LogP contribution in [-0.2, 0) is 0 Å². The third-order valence-electron chi connectivity index (χ3n) is 1.35. The van der Waals surface area contributed by atoms with Crippen LogP contribution in [0.4, 0.5) is 0 Å². The molecular weight excluding hydrogens is 163 g/mol. The molecule has 0 saturated carbocycles. The molecule has 0 amide bonds. The summed E-state index contributed by atoms with van der Waals surface area (Å²) in [5.74, 6) is 0. The summed E-state index contributed by atoms with van der Waals surface area (Å²) in [7, 11) is 0. The Morgan fingerprint density at radius 2 is 2.12 bits per heavy atom. The molecule has 0 unspecified atom stereocenters. The van der Waals surface area contributed by atoms with Gasteiger partial charge in [-0.15, -0.1) is 0 Å². The zero-order valence-electron chi connectivity index (χ0n) is 5.48. The SMILES string of the molecule is CC1(C)CC=CC[Se]1. The molecule has 0 fully saturated rings. The first-order valence-corrected chi connectivity index (χ1v) is 5.06. The van der Waals surface area contributed by atoms with E-state index in [4.69, 9.17) is 0 Å². The molecule has 0 aromatic heterocycles. The van der Waals surface area contributed by atoms with Crippen LogP contribution >= 0.6 is 0 Å². The fourth-order valence-electron chi connectivity index (χ4n) is 0.768. The van der Waals surface area contributed by atoms with Gasteiger partial charge in [0.05, 0.1) is 0 Å². The van der Waals surface area contributed by atoms with Gasteiger partial charge in [0.25, 0.3) is 0 Å². The second-order valence-electron chi connectivity index (χ2n) is 2.75. The molecule has 0 aromatic rings. The summed E-state index contributed by atoms with van der Waals surface area (Å²) in [5, 5.41) is 1.35. The molecule has 1 aliphatic rings. The molecule has 1 aliphatic heterocycles. The molecule has 0 aromatic carbocycles. The summed E-state index contributed by atoms with van der Waals surface area (Å²) in [4.78, 5) is 0. The molecule has 1 heteroatoms. The van der Waals surface area contributed by atoms with Crippen molar-refractivity contribution in [1.29, 1.82) is 0 Å². The molecule has 0 nitrogen and oxygen atoms in total. The molecule has 46 valence electrons. The number of rotatable bonds is 0. The van der Waals surface area contributed by atoms with Crippen molar-refractivity contribution in [2.75, 3.05) is 0 Å². The summed E-state index contributed by atoms with van der Waals surface area (Å²) in [5.41, 5.74) is 0. The summed E-state index contributed by atoms with van der Waals surface area (Å²) in [6.07, 6.45) is 5.92. The van der Waals surface area contributed by atoms with Crippen LogP contribution < -0.4 is 0 Å². The van der Waals surface area contributed by atoms with E-state index in [0.29, 0.717) is 4.31 Å². The first-order chi connectivity index (χ1) is 3.71. The summed E-state index contributed by atoms with van der Waals surface area (Å²) in [6, 6.07) is 0. The first kappa shape index (κ1) is 6.38. The summed E-state index contributed by atoms with van der Waals surface area (Å²) < 4.78 is 0.655. The van der Waals surface area contributed by atoms with Gasteiger partial charge in [0, 0.05) is 0 Å². The molecule has 8 heavy (non-hydrogen) atoms. The van der Waals surface area contributed by atoms with Crippen LogP contribution in [0, 0.1) is 0 Å². The summed E-state index contributed by atoms with van der Waals surface area (Å²) in [6.45, 7) is 4.72. The van der Waals surface area contributed by atoms with Crippen molar-refractivity contribution in [2.24, 2.45) is 0 Å². The van der Waals surface area contributed by atoms with E-state index in [0.717, 1.165) is 15.0 Å². The van der Waals surface area contributed by atoms with E-state index in [2.05, 4.69) is 26.0 Å². The van der Waals surface area contributed by atoms with E-state index in [1.807, 2.05) is 0 Å². The van der Waals surface area contributed by atoms with Gasteiger partial charge in [-0.25, -0.2) is 0 Å². The van der Waals surface area contributed by atoms with Gasteiger partial charge >= 0.3 is 57.0 Å². The van der Waals surface area contributed by atoms with Gasteiger partial charge in [-0.1, -0.05) is 0 Å². The van der Waals surface area contributed by atoms with Gasteiger partial charge < -0.3 is 0 Å². The van der Waals surface area contributed by atoms with Gasteiger partial charge in [-0.05, 0) is 0 Å². The second kappa shape index (κ2) is 2.24. The van der Waals surface area contributed by atoms with Crippen LogP contribution in [-0.4, -0.2) is 15.0 Å². The Morgan fingerprint density at radius 3 is 2.38 bits per heavy atom. The van der Waals surface area contributed by atoms with Crippen molar-refractivity contribution in [3.05, 3.63) is 12.2 Å². The Bertz CT molecular complexity index is 103. The minimum atomic E-state index is 0.655. The Hall–Kier alpha value is 0.259. The average molecular weight is 175 g/mol. The van der Waals surface area contributed by atoms with E-state index in [1.165, 1.54) is 11.7 Å². The monoisotopic (exact) mass is 176 g/mol. The van der Waals surface area contributed by atoms with Gasteiger partial charge in [-0.3, -0.25) is 0 Å². The molecule has 0 atom stereocenters. The van der Waals surface area contributed by atoms with Crippen molar-refractivity contribution in [1.82, 2.24) is 0 Å². The Morgan fingerprint density at radius 1 is 1.38 bits per heavy atom. The van der Waals surface area contributed by atoms with Crippen LogP contribution in [0.25, 0.3) is 0 Å². The van der Waals surface area contributed by atoms with Crippen LogP contribution in [0.5, 0.6) is 0 Å². The molecule has 0 radical (unpaired) electrons. The third kappa shape index (κ3) is 1.65. The molecule has 0 spiro atoms. The van der Waals surface area contributed by atoms with E-state index >= 15 is 0 Å². The van der Waals surface area contributed by atoms with E-state index in [1.54, 1.807) is 0 Å². The van der Waals surface area contributed by atoms with Gasteiger partial charge in [0.2, 0.25) is 0 Å². The van der Waals surface area contributed by atoms with Crippen LogP contribution in [0.15, 0.2) is 12.2 Å². The van der Waals surface area contributed by atoms with Crippen LogP contribution in [0.2, 0.25) is 9.63 Å². The van der Waals surface area contributed by atoms with Crippen molar-refractivity contribution in [2.45, 2.75) is 29.9 Å². The minimum absolute atomic E-state index is 0.655. The Balaban J connectivity index is 2.50. The molecule has 0 saturated heterocycles. The number of allylic oxidation sites excluding steroid dienone is 2. The summed E-state index contributed by atoms with van der Waals surface area (Å²) >= 11 is 0.863. The molecule has 1 heterocycles. The van der Waals surface area contributed by atoms with Crippen molar-refractivity contribution >= 4 is 15.0 Å². The van der Waals surface area contributed by atoms with E-state index < -0.39 is 0 Å². The molecule has 0 N–H and O–H groups in total. The molecule has 1 rings (SSSR count). The van der Waals surface area contributed by atoms with Crippen molar-refractivity contribution in [3.63, 3.8) is 0 Å². The predicted octanol–water partition coefficient (Wildman–Crippen LogP) is 2.27. The van der Waals surface area contributed by atoms with Gasteiger partial charge in [-0.2, -0.15) is 0 Å². The molecule has 0 bridgehead atoms. The predicted molar refractivity (Wildman–Crippen MR) is 38.4 cm³/mol. The second-order valence-corrected chi connectivity index (χ2v) is 6.37. The van der Waals surface area contributed by atoms with E-state index in [-0.39, 0.29) is 0 Å². The quantitative estimate of drug-likeness (QED) is 0.391. The average Bonchev–Trinajstić information content (AvgIpc) is 1.65. The third-order valence-corrected chi connectivity index (χ3v) is 4.09. The maximum absolute atomic E-state index is 2.36. The van der Waals surface area contributed by atoms with Crippen LogP contribution in [0.1, 0.15) is 20.3 Å².